The Morgan fingerprint density at radius 3 is 2.56 bits per heavy atom. The van der Waals surface area contributed by atoms with Crippen LogP contribution in [0, 0.1) is 18.6 Å². The third kappa shape index (κ3) is 2.55. The Morgan fingerprint density at radius 2 is 1.94 bits per heavy atom. The number of hydrogen-bond donors (Lipinski definition) is 2. The smallest absolute Gasteiger partial charge is 0.168 e. The predicted molar refractivity (Wildman–Crippen MR) is 62.3 cm³/mol. The molecule has 2 aromatic rings. The first-order valence-corrected chi connectivity index (χ1v) is 5.30. The summed E-state index contributed by atoms with van der Waals surface area (Å²) in [6, 6.07) is 2.49. The van der Waals surface area contributed by atoms with Crippen LogP contribution in [-0.4, -0.2) is 17.2 Å². The average Bonchev–Trinajstić information content (AvgIpc) is 2.74. The van der Waals surface area contributed by atoms with Crippen LogP contribution in [0.1, 0.15) is 11.5 Å². The lowest BCUT2D eigenvalue weighted by atomic mass is 10.3. The van der Waals surface area contributed by atoms with Crippen molar-refractivity contribution in [3.63, 3.8) is 0 Å². The quantitative estimate of drug-likeness (QED) is 0.876. The third-order valence-corrected chi connectivity index (χ3v) is 2.27. The zero-order valence-electron chi connectivity index (χ0n) is 9.92. The first-order valence-electron chi connectivity index (χ1n) is 5.30. The number of rotatable bonds is 4. The Bertz CT molecular complexity index is 556. The zero-order valence-corrected chi connectivity index (χ0v) is 9.92. The van der Waals surface area contributed by atoms with E-state index >= 15 is 0 Å². The van der Waals surface area contributed by atoms with Gasteiger partial charge in [0.25, 0.3) is 0 Å². The summed E-state index contributed by atoms with van der Waals surface area (Å²) >= 11 is 0. The Kier molecular flexibility index (Phi) is 3.40. The topological polar surface area (TPSA) is 63.0 Å². The van der Waals surface area contributed by atoms with E-state index in [1.165, 1.54) is 7.05 Å². The van der Waals surface area contributed by atoms with Gasteiger partial charge in [-0.2, -0.15) is 0 Å². The molecule has 5 nitrogen and oxygen atoms in total. The number of nitrogens with zero attached hydrogens (tertiary/aromatic N) is 2. The molecular weight excluding hydrogens is 242 g/mol. The second-order valence-corrected chi connectivity index (χ2v) is 3.69. The van der Waals surface area contributed by atoms with E-state index < -0.39 is 11.6 Å². The van der Waals surface area contributed by atoms with Crippen molar-refractivity contribution < 1.29 is 13.3 Å². The highest BCUT2D eigenvalue weighted by Crippen LogP contribution is 2.19. The van der Waals surface area contributed by atoms with Gasteiger partial charge in [0, 0.05) is 19.2 Å². The minimum absolute atomic E-state index is 0.0207. The fourth-order valence-electron chi connectivity index (χ4n) is 1.44. The second-order valence-electron chi connectivity index (χ2n) is 3.69. The molecule has 0 radical (unpaired) electrons. The van der Waals surface area contributed by atoms with Gasteiger partial charge in [0.2, 0.25) is 0 Å². The molecule has 18 heavy (non-hydrogen) atoms. The number of halogens is 2. The Morgan fingerprint density at radius 1 is 1.22 bits per heavy atom. The number of aromatic nitrogens is 2. The van der Waals surface area contributed by atoms with Gasteiger partial charge in [0.15, 0.2) is 29.0 Å². The lowest BCUT2D eigenvalue weighted by molar-refractivity contribution is 0.384. The van der Waals surface area contributed by atoms with Gasteiger partial charge in [0.05, 0.1) is 12.2 Å². The molecule has 2 aromatic heterocycles. The van der Waals surface area contributed by atoms with Crippen molar-refractivity contribution in [2.24, 2.45) is 0 Å². The van der Waals surface area contributed by atoms with Gasteiger partial charge in [-0.05, 0) is 6.92 Å². The van der Waals surface area contributed by atoms with Gasteiger partial charge in [-0.1, -0.05) is 5.16 Å². The molecular formula is C11H12F2N4O. The molecule has 2 N–H and O–H groups in total. The molecule has 0 saturated heterocycles. The Balaban J connectivity index is 2.13. The van der Waals surface area contributed by atoms with Crippen LogP contribution < -0.4 is 10.6 Å². The van der Waals surface area contributed by atoms with E-state index in [1.54, 1.807) is 13.0 Å². The fraction of sp³-hybridized carbons (Fsp3) is 0.273. The molecule has 0 aliphatic rings. The molecule has 7 heteroatoms. The minimum Gasteiger partial charge on any atom is -0.371 e. The van der Waals surface area contributed by atoms with E-state index in [1.807, 2.05) is 0 Å². The molecule has 96 valence electrons. The minimum atomic E-state index is -0.761. The molecule has 2 heterocycles. The summed E-state index contributed by atoms with van der Waals surface area (Å²) in [5, 5.41) is 8.95. The molecule has 0 unspecified atom stereocenters. The van der Waals surface area contributed by atoms with E-state index in [-0.39, 0.29) is 18.2 Å². The van der Waals surface area contributed by atoms with Crippen molar-refractivity contribution in [2.75, 3.05) is 17.7 Å². The highest BCUT2D eigenvalue weighted by Gasteiger charge is 2.11. The largest absolute Gasteiger partial charge is 0.371 e. The summed E-state index contributed by atoms with van der Waals surface area (Å²) in [5.74, 6) is -1.02. The Labute approximate surface area is 102 Å². The monoisotopic (exact) mass is 254 g/mol. The van der Waals surface area contributed by atoms with Crippen LogP contribution in [0.2, 0.25) is 0 Å². The summed E-state index contributed by atoms with van der Waals surface area (Å²) in [4.78, 5) is 3.78. The zero-order chi connectivity index (χ0) is 13.1. The number of hydrogen-bond acceptors (Lipinski definition) is 5. The SMILES string of the molecule is CNc1nc(NCc2cc(C)no2)c(F)cc1F. The molecule has 0 fully saturated rings. The third-order valence-electron chi connectivity index (χ3n) is 2.27. The number of anilines is 2. The maximum Gasteiger partial charge on any atom is 0.168 e. The first kappa shape index (κ1) is 12.3. The van der Waals surface area contributed by atoms with Crippen LogP contribution in [-0.2, 0) is 6.54 Å². The van der Waals surface area contributed by atoms with Crippen LogP contribution >= 0.6 is 0 Å². The fourth-order valence-corrected chi connectivity index (χ4v) is 1.44. The molecule has 0 saturated carbocycles. The highest BCUT2D eigenvalue weighted by molar-refractivity contribution is 5.47. The summed E-state index contributed by atoms with van der Waals surface area (Å²) in [7, 11) is 1.51. The normalized spacial score (nSPS) is 10.4. The van der Waals surface area contributed by atoms with Crippen molar-refractivity contribution in [1.29, 1.82) is 0 Å². The second kappa shape index (κ2) is 4.99. The molecule has 0 atom stereocenters. The van der Waals surface area contributed by atoms with E-state index in [0.29, 0.717) is 5.76 Å². The molecule has 2 rings (SSSR count). The van der Waals surface area contributed by atoms with Crippen LogP contribution in [0.5, 0.6) is 0 Å². The standard InChI is InChI=1S/C11H12F2N4O/c1-6-3-7(18-17-6)5-15-11-9(13)4-8(12)10(14-2)16-11/h3-4H,5H2,1-2H3,(H2,14,15,16). The molecule has 0 aliphatic carbocycles. The summed E-state index contributed by atoms with van der Waals surface area (Å²) in [5.41, 5.74) is 0.732. The van der Waals surface area contributed by atoms with Gasteiger partial charge >= 0.3 is 0 Å². The van der Waals surface area contributed by atoms with E-state index in [4.69, 9.17) is 4.52 Å². The summed E-state index contributed by atoms with van der Waals surface area (Å²) in [6.45, 7) is 2.00. The lowest BCUT2D eigenvalue weighted by Gasteiger charge is -2.07. The van der Waals surface area contributed by atoms with Gasteiger partial charge in [-0.3, -0.25) is 0 Å². The summed E-state index contributed by atoms with van der Waals surface area (Å²) < 4.78 is 31.6. The predicted octanol–water partition coefficient (Wildman–Crippen LogP) is 2.31. The number of nitrogens with one attached hydrogen (secondary N) is 2. The van der Waals surface area contributed by atoms with Crippen LogP contribution in [0.15, 0.2) is 16.7 Å². The lowest BCUT2D eigenvalue weighted by Crippen LogP contribution is -2.06. The van der Waals surface area contributed by atoms with E-state index in [9.17, 15) is 8.78 Å². The molecule has 0 bridgehead atoms. The molecule has 0 aliphatic heterocycles. The van der Waals surface area contributed by atoms with Gasteiger partial charge in [0.1, 0.15) is 0 Å². The van der Waals surface area contributed by atoms with Crippen molar-refractivity contribution in [3.05, 3.63) is 35.2 Å². The van der Waals surface area contributed by atoms with Crippen molar-refractivity contribution in [1.82, 2.24) is 10.1 Å². The highest BCUT2D eigenvalue weighted by atomic mass is 19.1. The van der Waals surface area contributed by atoms with Crippen LogP contribution in [0.4, 0.5) is 20.4 Å². The van der Waals surface area contributed by atoms with Crippen molar-refractivity contribution in [2.45, 2.75) is 13.5 Å². The maximum atomic E-state index is 13.4. The molecule has 0 amide bonds. The van der Waals surface area contributed by atoms with Gasteiger partial charge in [-0.25, -0.2) is 13.8 Å². The maximum absolute atomic E-state index is 13.4. The van der Waals surface area contributed by atoms with Gasteiger partial charge in [-0.15, -0.1) is 0 Å². The van der Waals surface area contributed by atoms with Crippen LogP contribution in [0.25, 0.3) is 0 Å². The van der Waals surface area contributed by atoms with Crippen molar-refractivity contribution >= 4 is 11.6 Å². The van der Waals surface area contributed by atoms with Crippen molar-refractivity contribution in [3.8, 4) is 0 Å². The average molecular weight is 254 g/mol. The first-order chi connectivity index (χ1) is 8.60. The summed E-state index contributed by atoms with van der Waals surface area (Å²) in [6.07, 6.45) is 0. The number of pyridine rings is 1. The van der Waals surface area contributed by atoms with E-state index in [2.05, 4.69) is 20.8 Å². The molecule has 0 spiro atoms. The van der Waals surface area contributed by atoms with E-state index in [0.717, 1.165) is 11.8 Å². The molecule has 0 aromatic carbocycles. The Hall–Kier alpha value is -2.18. The van der Waals surface area contributed by atoms with Gasteiger partial charge < -0.3 is 15.2 Å². The number of aryl methyl sites for hydroxylation is 1. The van der Waals surface area contributed by atoms with Crippen LogP contribution in [0.3, 0.4) is 0 Å².